The Labute approximate surface area is 91.3 Å². The van der Waals surface area contributed by atoms with Crippen LogP contribution >= 0.6 is 11.8 Å². The zero-order chi connectivity index (χ0) is 10.2. The van der Waals surface area contributed by atoms with Crippen molar-refractivity contribution in [1.29, 1.82) is 0 Å². The monoisotopic (exact) mass is 212 g/mol. The molecule has 2 fully saturated rings. The Morgan fingerprint density at radius 2 is 2.29 bits per heavy atom. The minimum Gasteiger partial charge on any atom is -0.359 e. The number of hydrogen-bond acceptors (Lipinski definition) is 2. The van der Waals surface area contributed by atoms with Crippen molar-refractivity contribution in [2.75, 3.05) is 12.4 Å². The minimum atomic E-state index is 0.0799. The van der Waals surface area contributed by atoms with Crippen molar-refractivity contribution < 1.29 is 4.74 Å². The number of hydrogen-bond donors (Lipinski definition) is 0. The Balaban J connectivity index is 2.28. The molecule has 0 amide bonds. The Morgan fingerprint density at radius 1 is 1.50 bits per heavy atom. The van der Waals surface area contributed by atoms with Gasteiger partial charge in [0.05, 0.1) is 6.61 Å². The van der Waals surface area contributed by atoms with Gasteiger partial charge in [0.25, 0.3) is 0 Å². The van der Waals surface area contributed by atoms with Crippen molar-refractivity contribution in [3.05, 3.63) is 11.1 Å². The first-order valence-corrected chi connectivity index (χ1v) is 6.57. The molecule has 0 aromatic heterocycles. The zero-order valence-electron chi connectivity index (χ0n) is 9.43. The van der Waals surface area contributed by atoms with Gasteiger partial charge in [-0.15, -0.1) is 11.8 Å². The molecule has 0 bridgehead atoms. The van der Waals surface area contributed by atoms with Crippen LogP contribution in [0.2, 0.25) is 0 Å². The summed E-state index contributed by atoms with van der Waals surface area (Å²) in [6.07, 6.45) is 3.81. The van der Waals surface area contributed by atoms with Gasteiger partial charge < -0.3 is 4.74 Å². The van der Waals surface area contributed by atoms with E-state index in [1.165, 1.54) is 30.6 Å². The number of thioether (sulfide) groups is 1. The van der Waals surface area contributed by atoms with Gasteiger partial charge in [0.1, 0.15) is 4.93 Å². The first-order valence-electron chi connectivity index (χ1n) is 5.59. The molecule has 2 rings (SSSR count). The normalized spacial score (nSPS) is 37.9. The van der Waals surface area contributed by atoms with Gasteiger partial charge in [0.2, 0.25) is 0 Å². The molecule has 14 heavy (non-hydrogen) atoms. The molecule has 0 unspecified atom stereocenters. The predicted octanol–water partition coefficient (Wildman–Crippen LogP) is 3.60. The van der Waals surface area contributed by atoms with Crippen LogP contribution in [-0.2, 0) is 4.74 Å². The molecule has 1 saturated carbocycles. The van der Waals surface area contributed by atoms with Crippen molar-refractivity contribution in [1.82, 2.24) is 0 Å². The van der Waals surface area contributed by atoms with E-state index in [1.807, 2.05) is 11.8 Å². The topological polar surface area (TPSA) is 9.23 Å². The molecular formula is C12H20OS. The Hall–Kier alpha value is 0.0500. The molecule has 0 aromatic rings. The van der Waals surface area contributed by atoms with Crippen LogP contribution in [0.25, 0.3) is 0 Å². The lowest BCUT2D eigenvalue weighted by Gasteiger charge is -2.38. The first kappa shape index (κ1) is 10.6. The second-order valence-corrected chi connectivity index (χ2v) is 6.13. The van der Waals surface area contributed by atoms with E-state index in [0.29, 0.717) is 0 Å². The molecule has 2 heteroatoms. The average Bonchev–Trinajstić information content (AvgIpc) is 2.52. The smallest absolute Gasteiger partial charge is 0.135 e. The van der Waals surface area contributed by atoms with Crippen LogP contribution in [0.1, 0.15) is 40.0 Å². The number of allylic oxidation sites excluding steroid dienone is 1. The molecule has 1 nitrogen and oxygen atoms in total. The van der Waals surface area contributed by atoms with E-state index >= 15 is 0 Å². The van der Waals surface area contributed by atoms with E-state index in [2.05, 4.69) is 20.8 Å². The fourth-order valence-corrected chi connectivity index (χ4v) is 4.19. The summed E-state index contributed by atoms with van der Waals surface area (Å²) in [5.41, 5.74) is 3.06. The van der Waals surface area contributed by atoms with E-state index in [1.54, 1.807) is 5.57 Å². The Kier molecular flexibility index (Phi) is 2.94. The van der Waals surface area contributed by atoms with Gasteiger partial charge in [-0.25, -0.2) is 0 Å². The second kappa shape index (κ2) is 3.90. The van der Waals surface area contributed by atoms with Crippen molar-refractivity contribution in [3.63, 3.8) is 0 Å². The van der Waals surface area contributed by atoms with Crippen LogP contribution in [0, 0.1) is 5.92 Å². The maximum Gasteiger partial charge on any atom is 0.135 e. The molecule has 1 aliphatic heterocycles. The maximum absolute atomic E-state index is 6.03. The molecule has 1 aliphatic carbocycles. The van der Waals surface area contributed by atoms with E-state index in [0.717, 1.165) is 12.5 Å². The summed E-state index contributed by atoms with van der Waals surface area (Å²) in [5.74, 6) is 1.99. The molecule has 2 aliphatic rings. The Bertz CT molecular complexity index is 247. The summed E-state index contributed by atoms with van der Waals surface area (Å²) < 4.78 is 6.03. The van der Waals surface area contributed by atoms with Gasteiger partial charge in [-0.3, -0.25) is 0 Å². The highest BCUT2D eigenvalue weighted by atomic mass is 32.2. The van der Waals surface area contributed by atoms with E-state index in [4.69, 9.17) is 4.74 Å². The highest BCUT2D eigenvalue weighted by Crippen LogP contribution is 2.50. The number of rotatable bonds is 0. The second-order valence-electron chi connectivity index (χ2n) is 4.78. The fourth-order valence-electron chi connectivity index (χ4n) is 2.64. The van der Waals surface area contributed by atoms with Crippen LogP contribution in [0.4, 0.5) is 0 Å². The summed E-state index contributed by atoms with van der Waals surface area (Å²) in [5, 5.41) is 0. The number of ether oxygens (including phenoxy) is 1. The highest BCUT2D eigenvalue weighted by Gasteiger charge is 2.43. The van der Waals surface area contributed by atoms with Crippen molar-refractivity contribution in [2.45, 2.75) is 45.0 Å². The van der Waals surface area contributed by atoms with E-state index in [-0.39, 0.29) is 4.93 Å². The van der Waals surface area contributed by atoms with Crippen LogP contribution in [-0.4, -0.2) is 17.3 Å². The maximum atomic E-state index is 6.03. The van der Waals surface area contributed by atoms with Gasteiger partial charge >= 0.3 is 0 Å². The Morgan fingerprint density at radius 3 is 2.86 bits per heavy atom. The van der Waals surface area contributed by atoms with Crippen molar-refractivity contribution in [3.8, 4) is 0 Å². The van der Waals surface area contributed by atoms with Crippen molar-refractivity contribution >= 4 is 11.8 Å². The molecule has 0 N–H and O–H groups in total. The average molecular weight is 212 g/mol. The quantitative estimate of drug-likeness (QED) is 0.567. The predicted molar refractivity (Wildman–Crippen MR) is 62.5 cm³/mol. The van der Waals surface area contributed by atoms with Gasteiger partial charge in [0.15, 0.2) is 0 Å². The molecule has 1 saturated heterocycles. The van der Waals surface area contributed by atoms with Crippen molar-refractivity contribution in [2.24, 2.45) is 5.92 Å². The highest BCUT2D eigenvalue weighted by molar-refractivity contribution is 8.00. The first-order chi connectivity index (χ1) is 6.64. The standard InChI is InChI=1S/C12H20OS/c1-9(2)11-5-4-10(3)8-12(11)13-6-7-14-12/h10H,4-8H2,1-3H3/t10-,12+/m1/s1. The molecule has 1 heterocycles. The molecular weight excluding hydrogens is 192 g/mol. The third kappa shape index (κ3) is 1.74. The third-order valence-corrected chi connectivity index (χ3v) is 4.69. The van der Waals surface area contributed by atoms with Gasteiger partial charge in [-0.05, 0) is 44.6 Å². The van der Waals surface area contributed by atoms with Crippen LogP contribution in [0.15, 0.2) is 11.1 Å². The largest absolute Gasteiger partial charge is 0.359 e. The summed E-state index contributed by atoms with van der Waals surface area (Å²) in [6, 6.07) is 0. The third-order valence-electron chi connectivity index (χ3n) is 3.32. The van der Waals surface area contributed by atoms with E-state index in [9.17, 15) is 0 Å². The van der Waals surface area contributed by atoms with Crippen LogP contribution in [0.5, 0.6) is 0 Å². The molecule has 0 radical (unpaired) electrons. The molecule has 0 aromatic carbocycles. The van der Waals surface area contributed by atoms with Crippen LogP contribution in [0.3, 0.4) is 0 Å². The summed E-state index contributed by atoms with van der Waals surface area (Å²) in [4.78, 5) is 0.0799. The summed E-state index contributed by atoms with van der Waals surface area (Å²) in [7, 11) is 0. The molecule has 80 valence electrons. The minimum absolute atomic E-state index is 0.0799. The van der Waals surface area contributed by atoms with Crippen LogP contribution < -0.4 is 0 Å². The summed E-state index contributed by atoms with van der Waals surface area (Å²) >= 11 is 2.03. The molecule has 2 atom stereocenters. The van der Waals surface area contributed by atoms with Gasteiger partial charge in [-0.1, -0.05) is 12.5 Å². The lowest BCUT2D eigenvalue weighted by Crippen LogP contribution is -2.34. The zero-order valence-corrected chi connectivity index (χ0v) is 10.2. The fraction of sp³-hybridized carbons (Fsp3) is 0.833. The summed E-state index contributed by atoms with van der Waals surface area (Å²) in [6.45, 7) is 7.75. The molecule has 1 spiro atoms. The lowest BCUT2D eigenvalue weighted by atomic mass is 9.82. The lowest BCUT2D eigenvalue weighted by molar-refractivity contribution is 0.0455. The van der Waals surface area contributed by atoms with Gasteiger partial charge in [-0.2, -0.15) is 0 Å². The van der Waals surface area contributed by atoms with E-state index < -0.39 is 0 Å². The van der Waals surface area contributed by atoms with Gasteiger partial charge in [0, 0.05) is 5.75 Å². The SMILES string of the molecule is CC(C)=C1CC[C@@H](C)C[C@@]12OCCS2.